The SMILES string of the molecule is CCc1cc(O)c(F)cc1-c1cc(F)c2c(-c3nc4c([nH]3)CN(C(=O)[C@]3(C)CCCN3)CC4)n[nH]c2c1. The smallest absolute Gasteiger partial charge is 0.242 e. The predicted molar refractivity (Wildman–Crippen MR) is 135 cm³/mol. The molecule has 37 heavy (non-hydrogen) atoms. The van der Waals surface area contributed by atoms with E-state index in [0.717, 1.165) is 30.8 Å². The molecular weight excluding hydrogens is 478 g/mol. The van der Waals surface area contributed by atoms with Gasteiger partial charge in [0.25, 0.3) is 0 Å². The number of amides is 1. The van der Waals surface area contributed by atoms with Crippen molar-refractivity contribution in [3.05, 3.63) is 52.9 Å². The van der Waals surface area contributed by atoms with Gasteiger partial charge in [-0.3, -0.25) is 9.89 Å². The van der Waals surface area contributed by atoms with E-state index in [9.17, 15) is 14.3 Å². The number of benzene rings is 2. The molecule has 4 N–H and O–H groups in total. The number of hydrogen-bond donors (Lipinski definition) is 4. The van der Waals surface area contributed by atoms with Crippen molar-refractivity contribution in [3.8, 4) is 28.4 Å². The number of rotatable bonds is 4. The van der Waals surface area contributed by atoms with E-state index in [2.05, 4.69) is 25.5 Å². The molecule has 0 aliphatic carbocycles. The molecule has 1 amide bonds. The van der Waals surface area contributed by atoms with Gasteiger partial charge in [0.1, 0.15) is 11.5 Å². The van der Waals surface area contributed by atoms with Crippen LogP contribution in [0.1, 0.15) is 43.6 Å². The van der Waals surface area contributed by atoms with Gasteiger partial charge < -0.3 is 20.3 Å². The molecule has 0 bridgehead atoms. The molecule has 2 aliphatic rings. The van der Waals surface area contributed by atoms with Crippen molar-refractivity contribution in [1.29, 1.82) is 0 Å². The maximum absolute atomic E-state index is 15.5. The fourth-order valence-corrected chi connectivity index (χ4v) is 5.61. The summed E-state index contributed by atoms with van der Waals surface area (Å²) < 4.78 is 29.6. The van der Waals surface area contributed by atoms with Crippen molar-refractivity contribution in [1.82, 2.24) is 30.4 Å². The van der Waals surface area contributed by atoms with Crippen LogP contribution in [-0.4, -0.2) is 54.7 Å². The Morgan fingerprint density at radius 3 is 2.81 bits per heavy atom. The zero-order valence-electron chi connectivity index (χ0n) is 20.7. The van der Waals surface area contributed by atoms with Crippen LogP contribution in [0.3, 0.4) is 0 Å². The van der Waals surface area contributed by atoms with E-state index >= 15 is 4.39 Å². The predicted octanol–water partition coefficient (Wildman–Crippen LogP) is 4.19. The monoisotopic (exact) mass is 506 g/mol. The van der Waals surface area contributed by atoms with E-state index in [1.54, 1.807) is 6.07 Å². The third-order valence-corrected chi connectivity index (χ3v) is 7.66. The maximum Gasteiger partial charge on any atom is 0.242 e. The second-order valence-electron chi connectivity index (χ2n) is 10.1. The second-order valence-corrected chi connectivity index (χ2v) is 10.1. The summed E-state index contributed by atoms with van der Waals surface area (Å²) in [6, 6.07) is 5.67. The number of fused-ring (bicyclic) bond motifs is 2. The zero-order chi connectivity index (χ0) is 25.9. The Kier molecular flexibility index (Phi) is 5.52. The summed E-state index contributed by atoms with van der Waals surface area (Å²) in [7, 11) is 0. The molecule has 4 aromatic rings. The molecule has 4 heterocycles. The number of carbonyl (C=O) groups excluding carboxylic acids is 1. The van der Waals surface area contributed by atoms with Crippen molar-refractivity contribution in [3.63, 3.8) is 0 Å². The first kappa shape index (κ1) is 23.6. The highest BCUT2D eigenvalue weighted by Gasteiger charge is 2.40. The largest absolute Gasteiger partial charge is 0.505 e. The van der Waals surface area contributed by atoms with E-state index < -0.39 is 22.9 Å². The van der Waals surface area contributed by atoms with E-state index in [1.165, 1.54) is 18.2 Å². The number of aryl methyl sites for hydroxylation is 1. The van der Waals surface area contributed by atoms with Crippen molar-refractivity contribution in [2.45, 2.75) is 51.6 Å². The number of nitrogens with one attached hydrogen (secondary N) is 3. The van der Waals surface area contributed by atoms with Crippen molar-refractivity contribution < 1.29 is 18.7 Å². The zero-order valence-corrected chi connectivity index (χ0v) is 20.7. The van der Waals surface area contributed by atoms with Crippen LogP contribution in [0.15, 0.2) is 24.3 Å². The van der Waals surface area contributed by atoms with Crippen LogP contribution >= 0.6 is 0 Å². The summed E-state index contributed by atoms with van der Waals surface area (Å²) in [5, 5.41) is 20.6. The summed E-state index contributed by atoms with van der Waals surface area (Å²) in [5.74, 6) is -1.18. The Morgan fingerprint density at radius 2 is 2.05 bits per heavy atom. The summed E-state index contributed by atoms with van der Waals surface area (Å²) in [6.45, 7) is 5.68. The lowest BCUT2D eigenvalue weighted by Gasteiger charge is -2.33. The number of hydrogen-bond acceptors (Lipinski definition) is 5. The number of aromatic hydroxyl groups is 1. The summed E-state index contributed by atoms with van der Waals surface area (Å²) >= 11 is 0. The highest BCUT2D eigenvalue weighted by atomic mass is 19.1. The maximum atomic E-state index is 15.5. The molecule has 6 rings (SSSR count). The molecule has 0 radical (unpaired) electrons. The van der Waals surface area contributed by atoms with Gasteiger partial charge in [-0.25, -0.2) is 13.8 Å². The van der Waals surface area contributed by atoms with Crippen LogP contribution in [0.4, 0.5) is 8.78 Å². The standard InChI is InChI=1S/C27H28F2N6O2/c1-3-14-11-22(36)17(28)12-16(14)15-9-18(29)23-20(10-15)33-34-24(23)25-31-19-5-8-35(13-21(19)32-25)26(37)27(2)6-4-7-30-27/h9-12,30,36H,3-8,13H2,1-2H3,(H,31,32)(H,33,34)/t27-/m0/s1. The van der Waals surface area contributed by atoms with Gasteiger partial charge in [-0.1, -0.05) is 6.92 Å². The van der Waals surface area contributed by atoms with Gasteiger partial charge >= 0.3 is 0 Å². The number of phenols is 1. The fraction of sp³-hybridized carbons (Fsp3) is 0.370. The molecule has 1 saturated heterocycles. The Balaban J connectivity index is 1.33. The molecule has 2 aromatic carbocycles. The third-order valence-electron chi connectivity index (χ3n) is 7.66. The molecular formula is C27H28F2N6O2. The normalized spacial score (nSPS) is 19.5. The first-order valence-electron chi connectivity index (χ1n) is 12.6. The molecule has 2 aromatic heterocycles. The van der Waals surface area contributed by atoms with Crippen LogP contribution in [0, 0.1) is 11.6 Å². The number of carbonyl (C=O) groups is 1. The second kappa shape index (κ2) is 8.65. The molecule has 1 atom stereocenters. The number of imidazole rings is 1. The van der Waals surface area contributed by atoms with Gasteiger partial charge in [0.2, 0.25) is 5.91 Å². The van der Waals surface area contributed by atoms with Gasteiger partial charge in [0.05, 0.1) is 34.4 Å². The highest BCUT2D eigenvalue weighted by Crippen LogP contribution is 2.36. The quantitative estimate of drug-likeness (QED) is 0.332. The Labute approximate surface area is 212 Å². The molecule has 0 unspecified atom stereocenters. The molecule has 1 fully saturated rings. The minimum absolute atomic E-state index is 0.0905. The minimum Gasteiger partial charge on any atom is -0.505 e. The molecule has 2 aliphatic heterocycles. The Bertz CT molecular complexity index is 1540. The summed E-state index contributed by atoms with van der Waals surface area (Å²) in [4.78, 5) is 22.9. The lowest BCUT2D eigenvalue weighted by molar-refractivity contribution is -0.138. The van der Waals surface area contributed by atoms with Crippen molar-refractivity contribution in [2.24, 2.45) is 0 Å². The van der Waals surface area contributed by atoms with Crippen LogP contribution in [0.25, 0.3) is 33.5 Å². The van der Waals surface area contributed by atoms with E-state index in [0.29, 0.717) is 59.7 Å². The van der Waals surface area contributed by atoms with E-state index in [4.69, 9.17) is 0 Å². The molecule has 8 nitrogen and oxygen atoms in total. The number of nitrogens with zero attached hydrogens (tertiary/aromatic N) is 3. The van der Waals surface area contributed by atoms with Crippen molar-refractivity contribution >= 4 is 16.8 Å². The van der Waals surface area contributed by atoms with Gasteiger partial charge in [-0.15, -0.1) is 0 Å². The molecule has 0 saturated carbocycles. The lowest BCUT2D eigenvalue weighted by atomic mass is 9.96. The third kappa shape index (κ3) is 3.87. The van der Waals surface area contributed by atoms with Gasteiger partial charge in [-0.2, -0.15) is 5.10 Å². The molecule has 10 heteroatoms. The van der Waals surface area contributed by atoms with Gasteiger partial charge in [0, 0.05) is 13.0 Å². The van der Waals surface area contributed by atoms with E-state index in [-0.39, 0.29) is 11.3 Å². The first-order chi connectivity index (χ1) is 17.8. The Morgan fingerprint density at radius 1 is 1.22 bits per heavy atom. The van der Waals surface area contributed by atoms with Gasteiger partial charge in [0.15, 0.2) is 17.4 Å². The number of H-pyrrole nitrogens is 2. The summed E-state index contributed by atoms with van der Waals surface area (Å²) in [6.07, 6.45) is 2.95. The molecule has 192 valence electrons. The van der Waals surface area contributed by atoms with Gasteiger partial charge in [-0.05, 0) is 73.7 Å². The summed E-state index contributed by atoms with van der Waals surface area (Å²) in [5.41, 5.74) is 3.65. The average molecular weight is 507 g/mol. The highest BCUT2D eigenvalue weighted by molar-refractivity contribution is 5.95. The average Bonchev–Trinajstić information content (AvgIpc) is 3.62. The number of aromatic amines is 2. The van der Waals surface area contributed by atoms with Crippen LogP contribution < -0.4 is 5.32 Å². The Hall–Kier alpha value is -3.79. The topological polar surface area (TPSA) is 110 Å². The number of halogens is 2. The van der Waals surface area contributed by atoms with Crippen molar-refractivity contribution in [2.75, 3.05) is 13.1 Å². The van der Waals surface area contributed by atoms with Crippen LogP contribution in [0.2, 0.25) is 0 Å². The fourth-order valence-electron chi connectivity index (χ4n) is 5.61. The number of phenolic OH excluding ortho intramolecular Hbond substituents is 1. The van der Waals surface area contributed by atoms with E-state index in [1.807, 2.05) is 18.7 Å². The minimum atomic E-state index is -0.760. The van der Waals surface area contributed by atoms with Crippen LogP contribution in [0.5, 0.6) is 5.75 Å². The first-order valence-corrected chi connectivity index (χ1v) is 12.6. The van der Waals surface area contributed by atoms with Crippen LogP contribution in [-0.2, 0) is 24.2 Å². The lowest BCUT2D eigenvalue weighted by Crippen LogP contribution is -2.53. The molecule has 0 spiro atoms. The number of aromatic nitrogens is 4.